The molecule has 0 N–H and O–H groups in total. The standard InChI is InChI=1S/C18H23N3O6S.C14H16N2O4S/c1-18(2,3)27-17(22)20-8-12-10-21(11-13(12)9-20)28(23,24)14-6-15-16(19-7-14)26-5-4-25-15;17-21(18,16-8-10-2-1-3-11(10)9-16)12-6-13-14(15-7-12)20-5-4-19-13/h6-7H,4-5,8-11H2,1-3H3;6-7H,1-5,8-9H2. The summed E-state index contributed by atoms with van der Waals surface area (Å²) in [6.07, 6.45) is 5.48. The lowest BCUT2D eigenvalue weighted by Gasteiger charge is -2.26. The molecule has 0 atom stereocenters. The van der Waals surface area contributed by atoms with Gasteiger partial charge in [0.2, 0.25) is 20.0 Å². The molecule has 1 aliphatic carbocycles. The molecule has 0 fully saturated rings. The molecular formula is C32H39N5O10S2. The van der Waals surface area contributed by atoms with Gasteiger partial charge in [-0.1, -0.05) is 11.1 Å². The average molecular weight is 718 g/mol. The molecule has 8 rings (SSSR count). The van der Waals surface area contributed by atoms with Crippen LogP contribution in [0.5, 0.6) is 23.3 Å². The van der Waals surface area contributed by atoms with E-state index in [1.807, 2.05) is 20.8 Å². The van der Waals surface area contributed by atoms with E-state index in [1.165, 1.54) is 44.3 Å². The zero-order valence-corrected chi connectivity index (χ0v) is 29.3. The second-order valence-corrected chi connectivity index (χ2v) is 17.4. The summed E-state index contributed by atoms with van der Waals surface area (Å²) in [5.74, 6) is 1.41. The third-order valence-corrected chi connectivity index (χ3v) is 12.4. The van der Waals surface area contributed by atoms with Crippen molar-refractivity contribution in [3.05, 3.63) is 46.8 Å². The summed E-state index contributed by atoms with van der Waals surface area (Å²) in [5, 5.41) is 0. The maximum Gasteiger partial charge on any atom is 0.410 e. The van der Waals surface area contributed by atoms with Gasteiger partial charge in [0.25, 0.3) is 11.8 Å². The van der Waals surface area contributed by atoms with Crippen LogP contribution in [-0.2, 0) is 24.8 Å². The molecule has 0 unspecified atom stereocenters. The molecule has 15 nitrogen and oxygen atoms in total. The topological polar surface area (TPSA) is 167 Å². The van der Waals surface area contributed by atoms with E-state index in [1.54, 1.807) is 4.90 Å². The molecule has 1 amide bonds. The van der Waals surface area contributed by atoms with E-state index in [2.05, 4.69) is 9.97 Å². The molecule has 0 bridgehead atoms. The van der Waals surface area contributed by atoms with E-state index in [-0.39, 0.29) is 29.0 Å². The number of nitrogens with zero attached hydrogens (tertiary/aromatic N) is 5. The number of hydrogen-bond donors (Lipinski definition) is 0. The Balaban J connectivity index is 0.000000160. The predicted molar refractivity (Wildman–Crippen MR) is 174 cm³/mol. The lowest BCUT2D eigenvalue weighted by Crippen LogP contribution is -2.39. The van der Waals surface area contributed by atoms with Crippen LogP contribution in [0.15, 0.2) is 56.6 Å². The minimum Gasteiger partial charge on any atom is -0.484 e. The Hall–Kier alpha value is -3.93. The van der Waals surface area contributed by atoms with Crippen LogP contribution in [0.4, 0.5) is 4.79 Å². The van der Waals surface area contributed by atoms with Crippen LogP contribution in [-0.4, -0.2) is 118 Å². The van der Waals surface area contributed by atoms with E-state index in [9.17, 15) is 21.6 Å². The number of hydrogen-bond acceptors (Lipinski definition) is 12. The van der Waals surface area contributed by atoms with Crippen LogP contribution in [0.2, 0.25) is 0 Å². The van der Waals surface area contributed by atoms with Gasteiger partial charge in [0.15, 0.2) is 11.5 Å². The summed E-state index contributed by atoms with van der Waals surface area (Å²) >= 11 is 0. The fourth-order valence-electron chi connectivity index (χ4n) is 6.49. The number of aromatic nitrogens is 2. The normalized spacial score (nSPS) is 20.6. The van der Waals surface area contributed by atoms with Crippen molar-refractivity contribution in [2.75, 3.05) is 65.7 Å². The lowest BCUT2D eigenvalue weighted by atomic mass is 10.2. The molecular weight excluding hydrogens is 679 g/mol. The third kappa shape index (κ3) is 6.80. The van der Waals surface area contributed by atoms with E-state index in [0.717, 1.165) is 30.4 Å². The van der Waals surface area contributed by atoms with E-state index >= 15 is 0 Å². The number of fused-ring (bicyclic) bond motifs is 2. The minimum absolute atomic E-state index is 0.0712. The first-order valence-electron chi connectivity index (χ1n) is 16.2. The van der Waals surface area contributed by atoms with Crippen LogP contribution in [0.25, 0.3) is 0 Å². The Morgan fingerprint density at radius 2 is 1.10 bits per heavy atom. The fourth-order valence-corrected chi connectivity index (χ4v) is 9.27. The Kier molecular flexibility index (Phi) is 8.73. The summed E-state index contributed by atoms with van der Waals surface area (Å²) in [7, 11) is -7.24. The van der Waals surface area contributed by atoms with Crippen LogP contribution >= 0.6 is 0 Å². The third-order valence-electron chi connectivity index (χ3n) is 8.86. The quantitative estimate of drug-likeness (QED) is 0.425. The number of sulfonamides is 2. The maximum atomic E-state index is 13.0. The second-order valence-electron chi connectivity index (χ2n) is 13.5. The van der Waals surface area contributed by atoms with Gasteiger partial charge in [0.05, 0.1) is 12.4 Å². The molecule has 2 aromatic heterocycles. The van der Waals surface area contributed by atoms with Gasteiger partial charge in [-0.05, 0) is 51.2 Å². The van der Waals surface area contributed by atoms with Crippen molar-refractivity contribution in [2.24, 2.45) is 0 Å². The average Bonchev–Trinajstić information content (AvgIpc) is 3.85. The smallest absolute Gasteiger partial charge is 0.410 e. The van der Waals surface area contributed by atoms with Gasteiger partial charge < -0.3 is 28.6 Å². The Labute approximate surface area is 285 Å². The first kappa shape index (κ1) is 33.6. The summed E-state index contributed by atoms with van der Waals surface area (Å²) in [6.45, 7) is 9.38. The highest BCUT2D eigenvalue weighted by molar-refractivity contribution is 7.89. The van der Waals surface area contributed by atoms with Crippen LogP contribution in [0.1, 0.15) is 40.0 Å². The Bertz CT molecular complexity index is 1920. The van der Waals surface area contributed by atoms with E-state index < -0.39 is 25.6 Å². The van der Waals surface area contributed by atoms with Gasteiger partial charge >= 0.3 is 6.09 Å². The SMILES string of the molecule is CC(C)(C)OC(=O)N1CC2=C(C1)CN(S(=O)(=O)c1cnc3c(c1)OCCO3)C2.O=S(=O)(c1cnc2c(c1)OCCO2)N1CC2=C(CCC2)C1. The van der Waals surface area contributed by atoms with Crippen molar-refractivity contribution in [3.63, 3.8) is 0 Å². The van der Waals surface area contributed by atoms with Gasteiger partial charge in [-0.3, -0.25) is 0 Å². The molecule has 17 heteroatoms. The van der Waals surface area contributed by atoms with Crippen molar-refractivity contribution >= 4 is 26.1 Å². The lowest BCUT2D eigenvalue weighted by molar-refractivity contribution is 0.0295. The molecule has 264 valence electrons. The first-order chi connectivity index (χ1) is 23.3. The summed E-state index contributed by atoms with van der Waals surface area (Å²) in [6, 6.07) is 2.97. The molecule has 0 saturated carbocycles. The molecule has 5 aliphatic heterocycles. The summed E-state index contributed by atoms with van der Waals surface area (Å²) < 4.78 is 81.3. The maximum absolute atomic E-state index is 13.0. The van der Waals surface area contributed by atoms with Crippen LogP contribution in [0, 0.1) is 0 Å². The van der Waals surface area contributed by atoms with Crippen molar-refractivity contribution in [3.8, 4) is 23.3 Å². The number of amides is 1. The molecule has 6 aliphatic rings. The van der Waals surface area contributed by atoms with Gasteiger partial charge in [-0.25, -0.2) is 31.6 Å². The predicted octanol–water partition coefficient (Wildman–Crippen LogP) is 2.74. The largest absolute Gasteiger partial charge is 0.484 e. The first-order valence-corrected chi connectivity index (χ1v) is 19.0. The van der Waals surface area contributed by atoms with Gasteiger partial charge in [-0.2, -0.15) is 8.61 Å². The van der Waals surface area contributed by atoms with Gasteiger partial charge in [0, 0.05) is 51.4 Å². The zero-order chi connectivity index (χ0) is 34.6. The number of carbonyl (C=O) groups excluding carboxylic acids is 1. The second kappa shape index (κ2) is 12.8. The fraction of sp³-hybridized carbons (Fsp3) is 0.531. The zero-order valence-electron chi connectivity index (χ0n) is 27.6. The molecule has 7 heterocycles. The van der Waals surface area contributed by atoms with E-state index in [4.69, 9.17) is 23.7 Å². The highest BCUT2D eigenvalue weighted by Gasteiger charge is 2.39. The van der Waals surface area contributed by atoms with Crippen molar-refractivity contribution < 1.29 is 45.3 Å². The van der Waals surface area contributed by atoms with Gasteiger partial charge in [-0.15, -0.1) is 0 Å². The molecule has 2 aromatic rings. The molecule has 49 heavy (non-hydrogen) atoms. The summed E-state index contributed by atoms with van der Waals surface area (Å²) in [5.41, 5.74) is 3.91. The highest BCUT2D eigenvalue weighted by atomic mass is 32.2. The Morgan fingerprint density at radius 1 is 0.673 bits per heavy atom. The molecule has 0 aromatic carbocycles. The number of ether oxygens (including phenoxy) is 5. The number of rotatable bonds is 4. The Morgan fingerprint density at radius 3 is 1.55 bits per heavy atom. The van der Waals surface area contributed by atoms with Crippen molar-refractivity contribution in [1.29, 1.82) is 0 Å². The highest BCUT2D eigenvalue weighted by Crippen LogP contribution is 2.37. The van der Waals surface area contributed by atoms with Crippen molar-refractivity contribution in [1.82, 2.24) is 23.5 Å². The monoisotopic (exact) mass is 717 g/mol. The molecule has 0 radical (unpaired) electrons. The van der Waals surface area contributed by atoms with Crippen LogP contribution in [0.3, 0.4) is 0 Å². The molecule has 0 saturated heterocycles. The number of carbonyl (C=O) groups is 1. The molecule has 0 spiro atoms. The summed E-state index contributed by atoms with van der Waals surface area (Å²) in [4.78, 5) is 22.2. The van der Waals surface area contributed by atoms with Crippen molar-refractivity contribution in [2.45, 2.75) is 55.4 Å². The van der Waals surface area contributed by atoms with E-state index in [0.29, 0.717) is 75.9 Å². The van der Waals surface area contributed by atoms with Crippen LogP contribution < -0.4 is 18.9 Å². The van der Waals surface area contributed by atoms with Gasteiger partial charge in [0.1, 0.15) is 41.8 Å². The minimum atomic E-state index is -3.72. The number of pyridine rings is 2.